The zero-order chi connectivity index (χ0) is 22.1. The van der Waals surface area contributed by atoms with Crippen molar-refractivity contribution in [3.05, 3.63) is 64.2 Å². The molecule has 2 aromatic rings. The molecule has 5 nitrogen and oxygen atoms in total. The number of nitrogens with one attached hydrogen (secondary N) is 1. The molecular formula is C24H31ClN2O3. The molecule has 0 fully saturated rings. The second-order valence-electron chi connectivity index (χ2n) is 7.49. The molecule has 0 spiro atoms. The van der Waals surface area contributed by atoms with Gasteiger partial charge < -0.3 is 15.0 Å². The second-order valence-corrected chi connectivity index (χ2v) is 7.90. The van der Waals surface area contributed by atoms with Crippen molar-refractivity contribution in [3.8, 4) is 5.75 Å². The summed E-state index contributed by atoms with van der Waals surface area (Å²) in [6, 6.07) is 12.5. The number of benzene rings is 2. The lowest BCUT2D eigenvalue weighted by molar-refractivity contribution is -0.142. The van der Waals surface area contributed by atoms with Crippen LogP contribution in [0.2, 0.25) is 5.02 Å². The third-order valence-corrected chi connectivity index (χ3v) is 5.36. The Balaban J connectivity index is 2.16. The molecule has 2 amide bonds. The Morgan fingerprint density at radius 2 is 1.90 bits per heavy atom. The summed E-state index contributed by atoms with van der Waals surface area (Å²) >= 11 is 6.30. The van der Waals surface area contributed by atoms with E-state index in [-0.39, 0.29) is 25.0 Å². The van der Waals surface area contributed by atoms with Crippen molar-refractivity contribution < 1.29 is 14.3 Å². The van der Waals surface area contributed by atoms with Crippen LogP contribution in [0.15, 0.2) is 42.5 Å². The summed E-state index contributed by atoms with van der Waals surface area (Å²) in [5.74, 6) is 0.214. The van der Waals surface area contributed by atoms with Gasteiger partial charge in [-0.05, 0) is 56.0 Å². The summed E-state index contributed by atoms with van der Waals surface area (Å²) in [4.78, 5) is 27.2. The average Bonchev–Trinajstić information content (AvgIpc) is 2.73. The van der Waals surface area contributed by atoms with E-state index >= 15 is 0 Å². The van der Waals surface area contributed by atoms with Gasteiger partial charge in [0.1, 0.15) is 11.8 Å². The van der Waals surface area contributed by atoms with Gasteiger partial charge in [-0.3, -0.25) is 9.59 Å². The van der Waals surface area contributed by atoms with Crippen molar-refractivity contribution in [1.82, 2.24) is 10.2 Å². The Bertz CT molecular complexity index is 869. The first-order valence-corrected chi connectivity index (χ1v) is 10.7. The number of aryl methyl sites for hydroxylation is 2. The highest BCUT2D eigenvalue weighted by Gasteiger charge is 2.27. The normalized spacial score (nSPS) is 11.6. The van der Waals surface area contributed by atoms with Crippen LogP contribution in [0.5, 0.6) is 5.75 Å². The van der Waals surface area contributed by atoms with E-state index in [1.165, 1.54) is 4.90 Å². The molecule has 0 bridgehead atoms. The van der Waals surface area contributed by atoms with Gasteiger partial charge in [0.25, 0.3) is 5.91 Å². The molecule has 0 unspecified atom stereocenters. The molecule has 162 valence electrons. The van der Waals surface area contributed by atoms with Gasteiger partial charge in [-0.25, -0.2) is 0 Å². The van der Waals surface area contributed by atoms with Crippen LogP contribution in [0.25, 0.3) is 0 Å². The minimum absolute atomic E-state index is 0.151. The van der Waals surface area contributed by atoms with Crippen LogP contribution < -0.4 is 10.1 Å². The number of halogens is 1. The molecule has 0 radical (unpaired) electrons. The van der Waals surface area contributed by atoms with Crippen molar-refractivity contribution in [2.75, 3.05) is 13.2 Å². The van der Waals surface area contributed by atoms with Crippen LogP contribution in [0.4, 0.5) is 0 Å². The van der Waals surface area contributed by atoms with Crippen molar-refractivity contribution in [2.24, 2.45) is 0 Å². The average molecular weight is 431 g/mol. The molecular weight excluding hydrogens is 400 g/mol. The molecule has 0 saturated heterocycles. The smallest absolute Gasteiger partial charge is 0.261 e. The second kappa shape index (κ2) is 11.6. The molecule has 0 aliphatic heterocycles. The first-order chi connectivity index (χ1) is 14.3. The molecule has 6 heteroatoms. The summed E-state index contributed by atoms with van der Waals surface area (Å²) in [7, 11) is 0. The lowest BCUT2D eigenvalue weighted by Crippen LogP contribution is -2.49. The maximum absolute atomic E-state index is 13.1. The highest BCUT2D eigenvalue weighted by molar-refractivity contribution is 6.31. The molecule has 0 aliphatic rings. The first-order valence-electron chi connectivity index (χ1n) is 10.3. The van der Waals surface area contributed by atoms with Gasteiger partial charge in [0.05, 0.1) is 0 Å². The largest absolute Gasteiger partial charge is 0.483 e. The van der Waals surface area contributed by atoms with Crippen molar-refractivity contribution in [1.29, 1.82) is 0 Å². The lowest BCUT2D eigenvalue weighted by atomic mass is 10.1. The number of carbonyl (C=O) groups is 2. The quantitative estimate of drug-likeness (QED) is 0.557. The fourth-order valence-electron chi connectivity index (χ4n) is 3.01. The van der Waals surface area contributed by atoms with Gasteiger partial charge in [0.2, 0.25) is 5.91 Å². The summed E-state index contributed by atoms with van der Waals surface area (Å²) in [5, 5.41) is 3.46. The van der Waals surface area contributed by atoms with Gasteiger partial charge in [-0.1, -0.05) is 55.3 Å². The molecule has 1 atom stereocenters. The predicted octanol–water partition coefficient (Wildman–Crippen LogP) is 4.67. The highest BCUT2D eigenvalue weighted by atomic mass is 35.5. The summed E-state index contributed by atoms with van der Waals surface area (Å²) < 4.78 is 5.80. The van der Waals surface area contributed by atoms with E-state index in [0.717, 1.165) is 29.5 Å². The van der Waals surface area contributed by atoms with Gasteiger partial charge >= 0.3 is 0 Å². The summed E-state index contributed by atoms with van der Waals surface area (Å²) in [5.41, 5.74) is 2.79. The predicted molar refractivity (Wildman–Crippen MR) is 121 cm³/mol. The van der Waals surface area contributed by atoms with Gasteiger partial charge in [0, 0.05) is 18.1 Å². The summed E-state index contributed by atoms with van der Waals surface area (Å²) in [6.07, 6.45) is 1.88. The summed E-state index contributed by atoms with van der Waals surface area (Å²) in [6.45, 7) is 8.37. The van der Waals surface area contributed by atoms with Crippen LogP contribution in [0, 0.1) is 13.8 Å². The van der Waals surface area contributed by atoms with E-state index in [9.17, 15) is 9.59 Å². The first kappa shape index (κ1) is 23.7. The molecule has 0 aromatic heterocycles. The third-order valence-electron chi connectivity index (χ3n) is 4.99. The van der Waals surface area contributed by atoms with Crippen molar-refractivity contribution in [2.45, 2.75) is 53.1 Å². The maximum Gasteiger partial charge on any atom is 0.261 e. The Kier molecular flexibility index (Phi) is 9.18. The van der Waals surface area contributed by atoms with E-state index in [4.69, 9.17) is 16.3 Å². The van der Waals surface area contributed by atoms with E-state index in [2.05, 4.69) is 12.2 Å². The zero-order valence-electron chi connectivity index (χ0n) is 18.2. The number of hydrogen-bond acceptors (Lipinski definition) is 3. The molecule has 2 aromatic carbocycles. The topological polar surface area (TPSA) is 58.6 Å². The number of carbonyl (C=O) groups excluding carboxylic acids is 2. The van der Waals surface area contributed by atoms with Gasteiger partial charge in [-0.15, -0.1) is 0 Å². The SMILES string of the molecule is CCCCNC(=O)[C@@H](C)N(Cc1ccccc1Cl)C(=O)COc1cc(C)ccc1C. The minimum Gasteiger partial charge on any atom is -0.483 e. The van der Waals surface area contributed by atoms with Gasteiger partial charge in [-0.2, -0.15) is 0 Å². The number of nitrogens with zero attached hydrogens (tertiary/aromatic N) is 1. The molecule has 0 heterocycles. The fourth-order valence-corrected chi connectivity index (χ4v) is 3.21. The molecule has 30 heavy (non-hydrogen) atoms. The fraction of sp³-hybridized carbons (Fsp3) is 0.417. The molecule has 0 aliphatic carbocycles. The molecule has 1 N–H and O–H groups in total. The van der Waals surface area contributed by atoms with E-state index in [1.807, 2.05) is 50.2 Å². The standard InChI is InChI=1S/C24H31ClN2O3/c1-5-6-13-26-24(29)19(4)27(15-20-9-7-8-10-21(20)25)23(28)16-30-22-14-17(2)11-12-18(22)3/h7-12,14,19H,5-6,13,15-16H2,1-4H3,(H,26,29)/t19-/m1/s1. The van der Waals surface area contributed by atoms with Crippen LogP contribution in [-0.2, 0) is 16.1 Å². The molecule has 2 rings (SSSR count). The third kappa shape index (κ3) is 6.77. The monoisotopic (exact) mass is 430 g/mol. The van der Waals surface area contributed by atoms with Crippen LogP contribution >= 0.6 is 11.6 Å². The molecule has 0 saturated carbocycles. The van der Waals surface area contributed by atoms with E-state index < -0.39 is 6.04 Å². The number of rotatable bonds is 10. The van der Waals surface area contributed by atoms with Crippen LogP contribution in [0.1, 0.15) is 43.4 Å². The van der Waals surface area contributed by atoms with Gasteiger partial charge in [0.15, 0.2) is 6.61 Å². The zero-order valence-corrected chi connectivity index (χ0v) is 19.0. The lowest BCUT2D eigenvalue weighted by Gasteiger charge is -2.29. The number of hydrogen-bond donors (Lipinski definition) is 1. The van der Waals surface area contributed by atoms with Crippen LogP contribution in [0.3, 0.4) is 0 Å². The Hall–Kier alpha value is -2.53. The Morgan fingerprint density at radius 3 is 2.60 bits per heavy atom. The van der Waals surface area contributed by atoms with Crippen molar-refractivity contribution >= 4 is 23.4 Å². The number of ether oxygens (including phenoxy) is 1. The van der Waals surface area contributed by atoms with E-state index in [1.54, 1.807) is 13.0 Å². The number of amides is 2. The van der Waals surface area contributed by atoms with Crippen molar-refractivity contribution in [3.63, 3.8) is 0 Å². The minimum atomic E-state index is -0.646. The maximum atomic E-state index is 13.1. The highest BCUT2D eigenvalue weighted by Crippen LogP contribution is 2.21. The van der Waals surface area contributed by atoms with Crippen LogP contribution in [-0.4, -0.2) is 35.9 Å². The van der Waals surface area contributed by atoms with E-state index in [0.29, 0.717) is 17.3 Å². The Morgan fingerprint density at radius 1 is 1.17 bits per heavy atom. The number of unbranched alkanes of at least 4 members (excludes halogenated alkanes) is 1. The Labute approximate surface area is 184 Å².